The van der Waals surface area contributed by atoms with Gasteiger partial charge in [0.25, 0.3) is 0 Å². The van der Waals surface area contributed by atoms with Crippen molar-refractivity contribution in [1.29, 1.82) is 10.7 Å². The normalized spacial score (nSPS) is 21.2. The molecule has 0 saturated carbocycles. The molecule has 3 aliphatic rings. The van der Waals surface area contributed by atoms with Gasteiger partial charge in [-0.2, -0.15) is 10.4 Å². The molecule has 3 aliphatic heterocycles. The Hall–Kier alpha value is -3.49. The molecule has 10 nitrogen and oxygen atoms in total. The van der Waals surface area contributed by atoms with Gasteiger partial charge < -0.3 is 15.0 Å². The van der Waals surface area contributed by atoms with Gasteiger partial charge in [0.1, 0.15) is 24.2 Å². The first-order chi connectivity index (χ1) is 17.7. The zero-order valence-corrected chi connectivity index (χ0v) is 22.0. The van der Waals surface area contributed by atoms with Crippen molar-refractivity contribution < 1.29 is 13.2 Å². The fourth-order valence-corrected chi connectivity index (χ4v) is 5.81. The van der Waals surface area contributed by atoms with Crippen LogP contribution < -0.4 is 9.64 Å². The van der Waals surface area contributed by atoms with Crippen LogP contribution in [0, 0.1) is 22.7 Å². The number of piperidine rings is 1. The monoisotopic (exact) mass is 521 g/mol. The zero-order chi connectivity index (χ0) is 26.3. The fraction of sp³-hybridized carbons (Fsp3) is 0.462. The predicted octanol–water partition coefficient (Wildman–Crippen LogP) is 2.63. The van der Waals surface area contributed by atoms with Crippen LogP contribution in [0.3, 0.4) is 0 Å². The first-order valence-electron chi connectivity index (χ1n) is 12.4. The summed E-state index contributed by atoms with van der Waals surface area (Å²) >= 11 is 0. The number of sulfone groups is 1. The first-order valence-corrected chi connectivity index (χ1v) is 14.5. The van der Waals surface area contributed by atoms with Crippen molar-refractivity contribution >= 4 is 27.4 Å². The predicted molar refractivity (Wildman–Crippen MR) is 142 cm³/mol. The van der Waals surface area contributed by atoms with E-state index in [0.717, 1.165) is 30.0 Å². The van der Waals surface area contributed by atoms with E-state index < -0.39 is 9.84 Å². The summed E-state index contributed by atoms with van der Waals surface area (Å²) in [5.41, 5.74) is 2.64. The van der Waals surface area contributed by atoms with Crippen molar-refractivity contribution in [3.63, 3.8) is 0 Å². The topological polar surface area (TPSA) is 128 Å². The lowest BCUT2D eigenvalue weighted by atomic mass is 9.83. The number of hydrogen-bond donors (Lipinski definition) is 1. The molecule has 2 bridgehead atoms. The highest BCUT2D eigenvalue weighted by molar-refractivity contribution is 7.90. The minimum Gasteiger partial charge on any atom is -0.491 e. The second-order valence-electron chi connectivity index (χ2n) is 10.1. The van der Waals surface area contributed by atoms with Crippen LogP contribution >= 0.6 is 0 Å². The Bertz CT molecular complexity index is 1450. The van der Waals surface area contributed by atoms with Gasteiger partial charge in [0.05, 0.1) is 29.2 Å². The summed E-state index contributed by atoms with van der Waals surface area (Å²) in [7, 11) is -3.15. The molecular weight excluding hydrogens is 490 g/mol. The van der Waals surface area contributed by atoms with Crippen molar-refractivity contribution in [3.05, 3.63) is 42.4 Å². The quantitative estimate of drug-likeness (QED) is 0.426. The molecule has 3 fully saturated rings. The van der Waals surface area contributed by atoms with Crippen LogP contribution in [-0.4, -0.2) is 84.0 Å². The number of aromatic nitrogens is 3. The summed E-state index contributed by atoms with van der Waals surface area (Å²) in [6, 6.07) is 9.30. The van der Waals surface area contributed by atoms with Crippen LogP contribution in [0.5, 0.6) is 5.75 Å². The third-order valence-electron chi connectivity index (χ3n) is 7.56. The number of rotatable bonds is 9. The summed E-state index contributed by atoms with van der Waals surface area (Å²) in [6.07, 6.45) is 8.86. The minimum absolute atomic E-state index is 0.0267. The third kappa shape index (κ3) is 4.91. The van der Waals surface area contributed by atoms with Gasteiger partial charge in [-0.3, -0.25) is 4.90 Å². The average Bonchev–Trinajstić information content (AvgIpc) is 3.30. The summed E-state index contributed by atoms with van der Waals surface area (Å²) in [5, 5.41) is 21.5. The van der Waals surface area contributed by atoms with E-state index >= 15 is 0 Å². The second-order valence-corrected chi connectivity index (χ2v) is 12.4. The Balaban J connectivity index is 1.37. The molecule has 0 spiro atoms. The number of anilines is 1. The highest BCUT2D eigenvalue weighted by Crippen LogP contribution is 2.38. The standard InChI is InChI=1S/C26H31N7O3S/c1-17(10-27)18(2)33-21-8-22(33)15-31(14-21)25-5-4-19(12-29-25)24-9-23(36-6-7-37(3,34)35)16-32-26(24)20(11-28)13-30-32/h4-5,9-10,12-13,16-18,21-22,27H,6-8,14-15H2,1-3H3. The van der Waals surface area contributed by atoms with Gasteiger partial charge in [-0.1, -0.05) is 6.92 Å². The number of piperazine rings is 1. The van der Waals surface area contributed by atoms with Gasteiger partial charge in [-0.15, -0.1) is 0 Å². The van der Waals surface area contributed by atoms with Crippen molar-refractivity contribution in [3.8, 4) is 22.9 Å². The van der Waals surface area contributed by atoms with Crippen LogP contribution in [-0.2, 0) is 9.84 Å². The van der Waals surface area contributed by atoms with E-state index in [2.05, 4.69) is 34.8 Å². The molecule has 6 heterocycles. The van der Waals surface area contributed by atoms with Gasteiger partial charge in [0, 0.05) is 60.7 Å². The van der Waals surface area contributed by atoms with Gasteiger partial charge in [0.15, 0.2) is 9.84 Å². The number of fused-ring (bicyclic) bond motifs is 3. The van der Waals surface area contributed by atoms with E-state index in [0.29, 0.717) is 35.0 Å². The number of pyridine rings is 2. The molecular formula is C26H31N7O3S. The molecule has 37 heavy (non-hydrogen) atoms. The van der Waals surface area contributed by atoms with E-state index in [-0.39, 0.29) is 18.3 Å². The number of hydrogen-bond acceptors (Lipinski definition) is 9. The van der Waals surface area contributed by atoms with Gasteiger partial charge >= 0.3 is 0 Å². The largest absolute Gasteiger partial charge is 0.491 e. The summed E-state index contributed by atoms with van der Waals surface area (Å²) in [5.74, 6) is 1.52. The smallest absolute Gasteiger partial charge is 0.150 e. The van der Waals surface area contributed by atoms with Gasteiger partial charge in [0.2, 0.25) is 0 Å². The summed E-state index contributed by atoms with van der Waals surface area (Å²) < 4.78 is 30.3. The molecule has 194 valence electrons. The van der Waals surface area contributed by atoms with Gasteiger partial charge in [-0.25, -0.2) is 17.9 Å². The number of ether oxygens (including phenoxy) is 1. The van der Waals surface area contributed by atoms with Crippen LogP contribution in [0.4, 0.5) is 5.82 Å². The molecule has 0 aromatic carbocycles. The van der Waals surface area contributed by atoms with Crippen molar-refractivity contribution in [1.82, 2.24) is 19.5 Å². The van der Waals surface area contributed by atoms with Crippen LogP contribution in [0.25, 0.3) is 16.6 Å². The van der Waals surface area contributed by atoms with Crippen molar-refractivity contribution in [2.75, 3.05) is 36.6 Å². The molecule has 0 aliphatic carbocycles. The Kier molecular flexibility index (Phi) is 6.64. The van der Waals surface area contributed by atoms with E-state index in [9.17, 15) is 13.7 Å². The Morgan fingerprint density at radius 2 is 2.03 bits per heavy atom. The van der Waals surface area contributed by atoms with Crippen LogP contribution in [0.15, 0.2) is 36.8 Å². The first kappa shape index (κ1) is 25.2. The summed E-state index contributed by atoms with van der Waals surface area (Å²) in [4.78, 5) is 9.64. The van der Waals surface area contributed by atoms with E-state index in [1.54, 1.807) is 23.0 Å². The average molecular weight is 522 g/mol. The molecule has 1 N–H and O–H groups in total. The molecule has 3 aromatic heterocycles. The molecule has 11 heteroatoms. The van der Waals surface area contributed by atoms with Gasteiger partial charge in [-0.05, 0) is 37.8 Å². The highest BCUT2D eigenvalue weighted by Gasteiger charge is 2.47. The second kappa shape index (κ2) is 9.76. The molecule has 3 saturated heterocycles. The Morgan fingerprint density at radius 1 is 1.27 bits per heavy atom. The Morgan fingerprint density at radius 3 is 2.65 bits per heavy atom. The lowest BCUT2D eigenvalue weighted by molar-refractivity contribution is -0.0409. The molecule has 0 amide bonds. The third-order valence-corrected chi connectivity index (χ3v) is 8.46. The minimum atomic E-state index is -3.15. The van der Waals surface area contributed by atoms with E-state index in [1.165, 1.54) is 25.1 Å². The fourth-order valence-electron chi connectivity index (χ4n) is 5.42. The maximum atomic E-state index is 11.5. The molecule has 3 aromatic rings. The van der Waals surface area contributed by atoms with E-state index in [4.69, 9.17) is 15.1 Å². The SMILES string of the molecule is CC(C=N)C(C)N1C2CC1CN(c1ccc(-c3cc(OCCS(C)(=O)=O)cn4ncc(C#N)c34)cn1)C2. The lowest BCUT2D eigenvalue weighted by Gasteiger charge is -2.59. The molecule has 6 rings (SSSR count). The maximum Gasteiger partial charge on any atom is 0.150 e. The summed E-state index contributed by atoms with van der Waals surface area (Å²) in [6.45, 7) is 6.16. The number of nitriles is 1. The van der Waals surface area contributed by atoms with Crippen LogP contribution in [0.2, 0.25) is 0 Å². The molecule has 0 radical (unpaired) electrons. The van der Waals surface area contributed by atoms with Crippen LogP contribution in [0.1, 0.15) is 25.8 Å². The van der Waals surface area contributed by atoms with E-state index in [1.807, 2.05) is 12.1 Å². The molecule has 4 atom stereocenters. The number of nitrogens with one attached hydrogen (secondary N) is 1. The lowest BCUT2D eigenvalue weighted by Crippen LogP contribution is -2.71. The zero-order valence-electron chi connectivity index (χ0n) is 21.2. The van der Waals surface area contributed by atoms with Crippen molar-refractivity contribution in [2.45, 2.75) is 38.4 Å². The number of nitrogens with zero attached hydrogens (tertiary/aromatic N) is 6. The Labute approximate surface area is 216 Å². The highest BCUT2D eigenvalue weighted by atomic mass is 32.2. The van der Waals surface area contributed by atoms with Crippen molar-refractivity contribution in [2.24, 2.45) is 5.92 Å². The maximum absolute atomic E-state index is 11.5. The molecule has 4 unspecified atom stereocenters.